The van der Waals surface area contributed by atoms with Crippen molar-refractivity contribution in [1.29, 1.82) is 0 Å². The molecule has 3 nitrogen and oxygen atoms in total. The molecule has 0 aliphatic carbocycles. The Morgan fingerprint density at radius 2 is 2.06 bits per heavy atom. The Hall–Kier alpha value is -1.43. The van der Waals surface area contributed by atoms with Crippen molar-refractivity contribution in [1.82, 2.24) is 9.78 Å². The number of anilines is 1. The molecule has 16 heavy (non-hydrogen) atoms. The molecule has 0 aliphatic rings. The minimum Gasteiger partial charge on any atom is -0.396 e. The molecule has 0 spiro atoms. The number of hydrogen-bond acceptors (Lipinski definition) is 2. The van der Waals surface area contributed by atoms with Crippen molar-refractivity contribution in [2.24, 2.45) is 7.05 Å². The van der Waals surface area contributed by atoms with E-state index >= 15 is 0 Å². The standard InChI is InChI=1S/C10H8BrF2N3/c1-16-10(5(11)4-15-16)8-6(12)2-3-7(14)9(8)13/h2-4H,14H2,1H3. The number of aromatic nitrogens is 2. The molecule has 6 heteroatoms. The van der Waals surface area contributed by atoms with E-state index in [0.29, 0.717) is 10.2 Å². The lowest BCUT2D eigenvalue weighted by Gasteiger charge is -2.08. The van der Waals surface area contributed by atoms with Crippen LogP contribution in [0.3, 0.4) is 0 Å². The fraction of sp³-hybridized carbons (Fsp3) is 0.100. The highest BCUT2D eigenvalue weighted by Crippen LogP contribution is 2.33. The number of hydrogen-bond donors (Lipinski definition) is 1. The van der Waals surface area contributed by atoms with E-state index in [0.717, 1.165) is 6.07 Å². The topological polar surface area (TPSA) is 43.8 Å². The molecule has 0 aliphatic heterocycles. The van der Waals surface area contributed by atoms with Crippen LogP contribution >= 0.6 is 15.9 Å². The summed E-state index contributed by atoms with van der Waals surface area (Å²) >= 11 is 3.19. The summed E-state index contributed by atoms with van der Waals surface area (Å²) in [6, 6.07) is 2.33. The Kier molecular flexibility index (Phi) is 2.67. The Bertz CT molecular complexity index is 532. The number of benzene rings is 1. The molecule has 2 rings (SSSR count). The summed E-state index contributed by atoms with van der Waals surface area (Å²) in [6.45, 7) is 0. The van der Waals surface area contributed by atoms with Gasteiger partial charge in [-0.2, -0.15) is 5.10 Å². The van der Waals surface area contributed by atoms with Crippen LogP contribution in [0, 0.1) is 11.6 Å². The molecule has 0 atom stereocenters. The number of aryl methyl sites for hydroxylation is 1. The molecular formula is C10H8BrF2N3. The molecule has 0 unspecified atom stereocenters. The maximum Gasteiger partial charge on any atom is 0.158 e. The fourth-order valence-electron chi connectivity index (χ4n) is 1.48. The molecule has 1 heterocycles. The van der Waals surface area contributed by atoms with E-state index in [1.54, 1.807) is 7.05 Å². The lowest BCUT2D eigenvalue weighted by molar-refractivity contribution is 0.588. The van der Waals surface area contributed by atoms with Crippen molar-refractivity contribution in [2.45, 2.75) is 0 Å². The van der Waals surface area contributed by atoms with Gasteiger partial charge in [0.1, 0.15) is 5.82 Å². The van der Waals surface area contributed by atoms with Gasteiger partial charge in [0.15, 0.2) is 5.82 Å². The first-order valence-corrected chi connectivity index (χ1v) is 5.23. The van der Waals surface area contributed by atoms with E-state index in [1.165, 1.54) is 16.9 Å². The molecule has 0 radical (unpaired) electrons. The highest BCUT2D eigenvalue weighted by atomic mass is 79.9. The molecule has 84 valence electrons. The summed E-state index contributed by atoms with van der Waals surface area (Å²) < 4.78 is 29.2. The number of rotatable bonds is 1. The zero-order valence-electron chi connectivity index (χ0n) is 8.34. The molecule has 0 saturated heterocycles. The third kappa shape index (κ3) is 1.59. The van der Waals surface area contributed by atoms with E-state index in [2.05, 4.69) is 21.0 Å². The molecule has 1 aromatic carbocycles. The maximum absolute atomic E-state index is 13.8. The second-order valence-corrected chi connectivity index (χ2v) is 4.14. The summed E-state index contributed by atoms with van der Waals surface area (Å²) in [5, 5.41) is 3.90. The van der Waals surface area contributed by atoms with E-state index in [1.807, 2.05) is 0 Å². The lowest BCUT2D eigenvalue weighted by Crippen LogP contribution is -2.01. The summed E-state index contributed by atoms with van der Waals surface area (Å²) in [5.41, 5.74) is 5.46. The quantitative estimate of drug-likeness (QED) is 0.820. The minimum absolute atomic E-state index is 0.0931. The van der Waals surface area contributed by atoms with Gasteiger partial charge in [0.05, 0.1) is 27.6 Å². The predicted octanol–water partition coefficient (Wildman–Crippen LogP) is 2.71. The Balaban J connectivity index is 2.78. The molecule has 2 N–H and O–H groups in total. The third-order valence-corrected chi connectivity index (χ3v) is 2.83. The Labute approximate surface area is 99.0 Å². The van der Waals surface area contributed by atoms with Gasteiger partial charge >= 0.3 is 0 Å². The van der Waals surface area contributed by atoms with Crippen molar-refractivity contribution in [3.05, 3.63) is 34.4 Å². The minimum atomic E-state index is -0.774. The highest BCUT2D eigenvalue weighted by molar-refractivity contribution is 9.10. The van der Waals surface area contributed by atoms with Crippen molar-refractivity contribution in [2.75, 3.05) is 5.73 Å². The van der Waals surface area contributed by atoms with Crippen LogP contribution in [0.4, 0.5) is 14.5 Å². The Morgan fingerprint density at radius 1 is 1.38 bits per heavy atom. The first-order chi connectivity index (χ1) is 7.52. The van der Waals surface area contributed by atoms with Crippen LogP contribution < -0.4 is 5.73 Å². The average Bonchev–Trinajstić information content (AvgIpc) is 2.56. The average molecular weight is 288 g/mol. The largest absolute Gasteiger partial charge is 0.396 e. The zero-order chi connectivity index (χ0) is 11.9. The second kappa shape index (κ2) is 3.86. The van der Waals surface area contributed by atoms with Crippen molar-refractivity contribution in [3.8, 4) is 11.3 Å². The summed E-state index contributed by atoms with van der Waals surface area (Å²) in [4.78, 5) is 0. The van der Waals surface area contributed by atoms with Gasteiger partial charge in [-0.3, -0.25) is 4.68 Å². The summed E-state index contributed by atoms with van der Waals surface area (Å²) in [6.07, 6.45) is 1.47. The van der Waals surface area contributed by atoms with E-state index in [4.69, 9.17) is 5.73 Å². The fourth-order valence-corrected chi connectivity index (χ4v) is 2.02. The van der Waals surface area contributed by atoms with Gasteiger partial charge in [-0.1, -0.05) is 0 Å². The van der Waals surface area contributed by atoms with Gasteiger partial charge in [-0.15, -0.1) is 0 Å². The van der Waals surface area contributed by atoms with E-state index in [9.17, 15) is 8.78 Å². The van der Waals surface area contributed by atoms with Crippen molar-refractivity contribution in [3.63, 3.8) is 0 Å². The molecule has 2 aromatic rings. The first-order valence-electron chi connectivity index (χ1n) is 4.43. The van der Waals surface area contributed by atoms with Crippen LogP contribution in [0.15, 0.2) is 22.8 Å². The predicted molar refractivity (Wildman–Crippen MR) is 60.7 cm³/mol. The maximum atomic E-state index is 13.8. The SMILES string of the molecule is Cn1ncc(Br)c1-c1c(F)ccc(N)c1F. The molecule has 0 fully saturated rings. The normalized spacial score (nSPS) is 10.8. The van der Waals surface area contributed by atoms with Crippen LogP contribution in [0.25, 0.3) is 11.3 Å². The summed E-state index contributed by atoms with van der Waals surface area (Å²) in [5.74, 6) is -1.44. The van der Waals surface area contributed by atoms with Gasteiger partial charge < -0.3 is 5.73 Å². The van der Waals surface area contributed by atoms with E-state index < -0.39 is 11.6 Å². The van der Waals surface area contributed by atoms with E-state index in [-0.39, 0.29) is 11.3 Å². The number of nitrogen functional groups attached to an aromatic ring is 1. The number of nitrogens with zero attached hydrogens (tertiary/aromatic N) is 2. The van der Waals surface area contributed by atoms with Crippen molar-refractivity contribution >= 4 is 21.6 Å². The van der Waals surface area contributed by atoms with Gasteiger partial charge in [0.25, 0.3) is 0 Å². The van der Waals surface area contributed by atoms with Gasteiger partial charge in [0.2, 0.25) is 0 Å². The molecule has 0 amide bonds. The van der Waals surface area contributed by atoms with Crippen LogP contribution in [-0.4, -0.2) is 9.78 Å². The van der Waals surface area contributed by atoms with Crippen molar-refractivity contribution < 1.29 is 8.78 Å². The zero-order valence-corrected chi connectivity index (χ0v) is 9.92. The molecule has 0 saturated carbocycles. The number of halogens is 3. The molecular weight excluding hydrogens is 280 g/mol. The molecule has 0 bridgehead atoms. The van der Waals surface area contributed by atoms with Gasteiger partial charge in [-0.05, 0) is 28.1 Å². The summed E-state index contributed by atoms with van der Waals surface area (Å²) in [7, 11) is 1.60. The second-order valence-electron chi connectivity index (χ2n) is 3.29. The van der Waals surface area contributed by atoms with Gasteiger partial charge in [-0.25, -0.2) is 8.78 Å². The first kappa shape index (κ1) is 11.1. The number of nitrogens with two attached hydrogens (primary N) is 1. The monoisotopic (exact) mass is 287 g/mol. The Morgan fingerprint density at radius 3 is 2.62 bits per heavy atom. The van der Waals surface area contributed by atoms with Crippen LogP contribution in [0.5, 0.6) is 0 Å². The van der Waals surface area contributed by atoms with Crippen LogP contribution in [-0.2, 0) is 7.05 Å². The highest BCUT2D eigenvalue weighted by Gasteiger charge is 2.19. The third-order valence-electron chi connectivity index (χ3n) is 2.25. The smallest absolute Gasteiger partial charge is 0.158 e. The lowest BCUT2D eigenvalue weighted by atomic mass is 10.1. The van der Waals surface area contributed by atoms with Gasteiger partial charge in [0, 0.05) is 7.05 Å². The van der Waals surface area contributed by atoms with Crippen LogP contribution in [0.2, 0.25) is 0 Å². The molecule has 1 aromatic heterocycles. The van der Waals surface area contributed by atoms with Crippen LogP contribution in [0.1, 0.15) is 0 Å².